The van der Waals surface area contributed by atoms with Gasteiger partial charge in [-0.05, 0) is 20.8 Å². The zero-order chi connectivity index (χ0) is 28.4. The smallest absolute Gasteiger partial charge is 0.303 e. The first kappa shape index (κ1) is 30.2. The number of rotatable bonds is 9. The van der Waals surface area contributed by atoms with Crippen LogP contribution in [0.5, 0.6) is 0 Å². The molecule has 3 heterocycles. The minimum absolute atomic E-state index is 0.412. The Bertz CT molecular complexity index is 889. The van der Waals surface area contributed by atoms with Crippen LogP contribution in [-0.2, 0) is 66.5 Å². The van der Waals surface area contributed by atoms with Crippen molar-refractivity contribution < 1.29 is 66.5 Å². The molecule has 0 aromatic heterocycles. The Morgan fingerprint density at radius 2 is 1.39 bits per heavy atom. The van der Waals surface area contributed by atoms with Gasteiger partial charge in [-0.1, -0.05) is 0 Å². The van der Waals surface area contributed by atoms with E-state index >= 15 is 0 Å². The van der Waals surface area contributed by atoms with Crippen LogP contribution in [0.4, 0.5) is 0 Å². The van der Waals surface area contributed by atoms with Gasteiger partial charge in [-0.25, -0.2) is 0 Å². The molecule has 3 fully saturated rings. The summed E-state index contributed by atoms with van der Waals surface area (Å²) in [5.41, 5.74) is 0. The Morgan fingerprint density at radius 3 is 1.95 bits per heavy atom. The van der Waals surface area contributed by atoms with E-state index in [2.05, 4.69) is 0 Å². The van der Waals surface area contributed by atoms with Crippen molar-refractivity contribution in [3.8, 4) is 0 Å². The van der Waals surface area contributed by atoms with Gasteiger partial charge in [0.15, 0.2) is 36.7 Å². The third kappa shape index (κ3) is 7.18. The highest BCUT2D eigenvalue weighted by Crippen LogP contribution is 2.41. The van der Waals surface area contributed by atoms with Crippen LogP contribution in [0.3, 0.4) is 0 Å². The normalized spacial score (nSPS) is 36.6. The summed E-state index contributed by atoms with van der Waals surface area (Å²) in [5, 5.41) is 0. The van der Waals surface area contributed by atoms with Crippen LogP contribution in [-0.4, -0.2) is 105 Å². The van der Waals surface area contributed by atoms with E-state index in [0.29, 0.717) is 0 Å². The second-order valence-electron chi connectivity index (χ2n) is 9.68. The van der Waals surface area contributed by atoms with Crippen molar-refractivity contribution >= 4 is 23.9 Å². The van der Waals surface area contributed by atoms with Gasteiger partial charge in [-0.2, -0.15) is 0 Å². The Labute approximate surface area is 220 Å². The lowest BCUT2D eigenvalue weighted by molar-refractivity contribution is -0.301. The van der Waals surface area contributed by atoms with Crippen molar-refractivity contribution in [3.05, 3.63) is 0 Å². The summed E-state index contributed by atoms with van der Waals surface area (Å²) >= 11 is 0. The molecule has 3 aliphatic heterocycles. The SMILES string of the molecule is CO[C@@H]1O[C@@H](C)[C@H](O[C@@H]2O[C@@H]([C@H](COC(C)=O)OC(C)=O)[C@H](OC(C)=O)[C@H]2OC(C)=O)[C@H]2OC(C)(C)O[C@@H]12. The molecule has 10 atom stereocenters. The Balaban J connectivity index is 1.93. The predicted octanol–water partition coefficient (Wildman–Crippen LogP) is 0.366. The standard InChI is InChI=1S/C24H36O14/c1-10-16(19-21(22(29-8)31-10)38-24(6,7)37-19)35-23-20(34-14(5)28)18(33-13(4)27)17(36-23)15(32-12(3)26)9-30-11(2)25/h10,15-23H,9H2,1-8H3/t10-,15-,16-,17-,18-,19+,20+,21+,22+,23+/m0/s1. The number of ether oxygens (including phenoxy) is 10. The number of methoxy groups -OCH3 is 1. The van der Waals surface area contributed by atoms with E-state index in [0.717, 1.165) is 13.8 Å². The number of fused-ring (bicyclic) bond motifs is 1. The van der Waals surface area contributed by atoms with Crippen molar-refractivity contribution in [3.63, 3.8) is 0 Å². The maximum absolute atomic E-state index is 12.0. The molecule has 0 aromatic rings. The maximum Gasteiger partial charge on any atom is 0.303 e. The summed E-state index contributed by atoms with van der Waals surface area (Å²) in [6.45, 7) is 9.45. The number of hydrogen-bond donors (Lipinski definition) is 0. The molecule has 14 nitrogen and oxygen atoms in total. The fraction of sp³-hybridized carbons (Fsp3) is 0.833. The second kappa shape index (κ2) is 12.2. The van der Waals surface area contributed by atoms with E-state index in [4.69, 9.17) is 47.4 Å². The van der Waals surface area contributed by atoms with Crippen LogP contribution in [0.2, 0.25) is 0 Å². The molecule has 0 N–H and O–H groups in total. The van der Waals surface area contributed by atoms with Gasteiger partial charge in [0.1, 0.15) is 31.0 Å². The largest absolute Gasteiger partial charge is 0.462 e. The van der Waals surface area contributed by atoms with Crippen LogP contribution in [0, 0.1) is 0 Å². The van der Waals surface area contributed by atoms with E-state index < -0.39 is 97.7 Å². The Kier molecular flexibility index (Phi) is 9.71. The maximum atomic E-state index is 12.0. The molecule has 0 amide bonds. The fourth-order valence-corrected chi connectivity index (χ4v) is 4.76. The molecule has 38 heavy (non-hydrogen) atoms. The highest BCUT2D eigenvalue weighted by Gasteiger charge is 2.59. The third-order valence-corrected chi connectivity index (χ3v) is 6.04. The first-order chi connectivity index (χ1) is 17.7. The van der Waals surface area contributed by atoms with Crippen LogP contribution in [0.15, 0.2) is 0 Å². The van der Waals surface area contributed by atoms with Crippen molar-refractivity contribution in [2.24, 2.45) is 0 Å². The molecule has 0 bridgehead atoms. The molecule has 0 saturated carbocycles. The summed E-state index contributed by atoms with van der Waals surface area (Å²) in [7, 11) is 1.48. The van der Waals surface area contributed by atoms with Gasteiger partial charge in [-0.15, -0.1) is 0 Å². The first-order valence-corrected chi connectivity index (χ1v) is 12.2. The fourth-order valence-electron chi connectivity index (χ4n) is 4.76. The molecular weight excluding hydrogens is 512 g/mol. The van der Waals surface area contributed by atoms with Gasteiger partial charge in [0.2, 0.25) is 0 Å². The zero-order valence-electron chi connectivity index (χ0n) is 22.7. The lowest BCUT2D eigenvalue weighted by Gasteiger charge is -2.41. The molecule has 0 aliphatic carbocycles. The van der Waals surface area contributed by atoms with Crippen molar-refractivity contribution in [2.75, 3.05) is 13.7 Å². The monoisotopic (exact) mass is 548 g/mol. The molecule has 0 radical (unpaired) electrons. The van der Waals surface area contributed by atoms with Crippen LogP contribution >= 0.6 is 0 Å². The van der Waals surface area contributed by atoms with E-state index in [1.165, 1.54) is 21.0 Å². The van der Waals surface area contributed by atoms with Gasteiger partial charge in [-0.3, -0.25) is 19.2 Å². The Morgan fingerprint density at radius 1 is 0.789 bits per heavy atom. The summed E-state index contributed by atoms with van der Waals surface area (Å²) in [5.74, 6) is -3.74. The van der Waals surface area contributed by atoms with Gasteiger partial charge in [0.25, 0.3) is 0 Å². The van der Waals surface area contributed by atoms with E-state index in [-0.39, 0.29) is 0 Å². The lowest BCUT2D eigenvalue weighted by Crippen LogP contribution is -2.58. The molecule has 3 rings (SSSR count). The number of carbonyl (C=O) groups is 4. The van der Waals surface area contributed by atoms with Crippen molar-refractivity contribution in [2.45, 2.75) is 116 Å². The molecule has 3 saturated heterocycles. The van der Waals surface area contributed by atoms with E-state index in [9.17, 15) is 19.2 Å². The van der Waals surface area contributed by atoms with Gasteiger partial charge >= 0.3 is 23.9 Å². The second-order valence-corrected chi connectivity index (χ2v) is 9.68. The topological polar surface area (TPSA) is 161 Å². The molecule has 0 spiro atoms. The van der Waals surface area contributed by atoms with Crippen LogP contribution in [0.25, 0.3) is 0 Å². The van der Waals surface area contributed by atoms with Crippen molar-refractivity contribution in [1.29, 1.82) is 0 Å². The minimum Gasteiger partial charge on any atom is -0.462 e. The summed E-state index contributed by atoms with van der Waals surface area (Å²) in [4.78, 5) is 47.3. The van der Waals surface area contributed by atoms with E-state index in [1.807, 2.05) is 0 Å². The molecule has 216 valence electrons. The van der Waals surface area contributed by atoms with Crippen LogP contribution < -0.4 is 0 Å². The molecule has 0 aromatic carbocycles. The van der Waals surface area contributed by atoms with E-state index in [1.54, 1.807) is 20.8 Å². The molecular formula is C24H36O14. The predicted molar refractivity (Wildman–Crippen MR) is 122 cm³/mol. The molecule has 0 unspecified atom stereocenters. The summed E-state index contributed by atoms with van der Waals surface area (Å²) in [6.07, 6.45) is -9.79. The minimum atomic E-state index is -1.33. The summed E-state index contributed by atoms with van der Waals surface area (Å²) < 4.78 is 57.0. The van der Waals surface area contributed by atoms with Crippen molar-refractivity contribution in [1.82, 2.24) is 0 Å². The number of esters is 4. The summed E-state index contributed by atoms with van der Waals surface area (Å²) in [6, 6.07) is 0. The van der Waals surface area contributed by atoms with Crippen LogP contribution in [0.1, 0.15) is 48.5 Å². The van der Waals surface area contributed by atoms with Gasteiger partial charge in [0.05, 0.1) is 6.10 Å². The number of hydrogen-bond acceptors (Lipinski definition) is 14. The average Bonchev–Trinajstić information content (AvgIpc) is 3.28. The molecule has 3 aliphatic rings. The quantitative estimate of drug-likeness (QED) is 0.287. The first-order valence-electron chi connectivity index (χ1n) is 12.2. The van der Waals surface area contributed by atoms with Gasteiger partial charge in [0, 0.05) is 34.8 Å². The third-order valence-electron chi connectivity index (χ3n) is 6.04. The Hall–Kier alpha value is -2.36. The zero-order valence-corrected chi connectivity index (χ0v) is 22.7. The molecule has 14 heteroatoms. The highest BCUT2D eigenvalue weighted by atomic mass is 16.8. The lowest BCUT2D eigenvalue weighted by atomic mass is 9.99. The van der Waals surface area contributed by atoms with Gasteiger partial charge < -0.3 is 47.4 Å². The average molecular weight is 549 g/mol. The number of carbonyl (C=O) groups excluding carboxylic acids is 4. The highest BCUT2D eigenvalue weighted by molar-refractivity contribution is 5.68.